The van der Waals surface area contributed by atoms with E-state index in [0.717, 1.165) is 51.4 Å². The Bertz CT molecular complexity index is 726. The molecule has 0 aromatic heterocycles. The third-order valence-electron chi connectivity index (χ3n) is 8.30. The summed E-state index contributed by atoms with van der Waals surface area (Å²) in [5, 5.41) is 0. The van der Waals surface area contributed by atoms with Crippen molar-refractivity contribution < 1.29 is 23.9 Å². The first-order valence-corrected chi connectivity index (χ1v) is 19.3. The predicted molar refractivity (Wildman–Crippen MR) is 190 cm³/mol. The Morgan fingerprint density at radius 3 is 1.09 bits per heavy atom. The van der Waals surface area contributed by atoms with E-state index in [-0.39, 0.29) is 25.4 Å². The van der Waals surface area contributed by atoms with Crippen LogP contribution in [-0.4, -0.2) is 24.5 Å². The highest BCUT2D eigenvalue weighted by Crippen LogP contribution is 2.12. The number of hydrogen-bond acceptors (Lipinski definition) is 5. The van der Waals surface area contributed by atoms with Gasteiger partial charge in [0.05, 0.1) is 6.61 Å². The molecule has 0 saturated carbocycles. The molecule has 0 heterocycles. The number of hydrogen-bond donors (Lipinski definition) is 0. The first-order chi connectivity index (χ1) is 22.1. The molecular weight excluding hydrogens is 560 g/mol. The fraction of sp³-hybridized carbons (Fsp3) is 0.825. The number of unbranched alkanes of at least 4 members (excludes halogenated alkanes) is 22. The highest BCUT2D eigenvalue weighted by atomic mass is 16.6. The number of carbonyl (C=O) groups is 3. The molecule has 0 fully saturated rings. The minimum atomic E-state index is -0.527. The summed E-state index contributed by atoms with van der Waals surface area (Å²) in [6, 6.07) is 0. The van der Waals surface area contributed by atoms with Gasteiger partial charge in [-0.15, -0.1) is 0 Å². The van der Waals surface area contributed by atoms with Crippen LogP contribution in [0.2, 0.25) is 0 Å². The van der Waals surface area contributed by atoms with Gasteiger partial charge in [0.25, 0.3) is 0 Å². The van der Waals surface area contributed by atoms with Gasteiger partial charge in [0, 0.05) is 19.3 Å². The largest absolute Gasteiger partial charge is 0.466 e. The molecule has 0 aromatic carbocycles. The van der Waals surface area contributed by atoms with E-state index in [0.29, 0.717) is 12.8 Å². The first kappa shape index (κ1) is 43.1. The van der Waals surface area contributed by atoms with Crippen LogP contribution in [0.3, 0.4) is 0 Å². The zero-order chi connectivity index (χ0) is 32.9. The average molecular weight is 633 g/mol. The van der Waals surface area contributed by atoms with Crippen molar-refractivity contribution in [2.75, 3.05) is 6.61 Å². The number of carbonyl (C=O) groups excluding carboxylic acids is 3. The maximum atomic E-state index is 11.9. The SMILES string of the molecule is CCCCCCCCC=CCCCCCCCC(=O)OCCCC(=O)OC(=O)CCCCCCCC=CCCCCCCCC. The Labute approximate surface area is 278 Å². The Kier molecular flexibility index (Phi) is 35.0. The molecular formula is C40H72O5. The molecule has 0 N–H and O–H groups in total. The van der Waals surface area contributed by atoms with Gasteiger partial charge >= 0.3 is 17.9 Å². The van der Waals surface area contributed by atoms with Crippen LogP contribution in [0.25, 0.3) is 0 Å². The molecule has 5 nitrogen and oxygen atoms in total. The highest BCUT2D eigenvalue weighted by molar-refractivity contribution is 5.85. The van der Waals surface area contributed by atoms with E-state index in [1.54, 1.807) is 0 Å². The van der Waals surface area contributed by atoms with Crippen LogP contribution in [0.4, 0.5) is 0 Å². The minimum Gasteiger partial charge on any atom is -0.466 e. The lowest BCUT2D eigenvalue weighted by molar-refractivity contribution is -0.160. The summed E-state index contributed by atoms with van der Waals surface area (Å²) in [7, 11) is 0. The van der Waals surface area contributed by atoms with Crippen LogP contribution in [0.15, 0.2) is 24.3 Å². The molecule has 0 aliphatic heterocycles. The van der Waals surface area contributed by atoms with Gasteiger partial charge < -0.3 is 9.47 Å². The van der Waals surface area contributed by atoms with E-state index in [4.69, 9.17) is 9.47 Å². The van der Waals surface area contributed by atoms with Gasteiger partial charge in [-0.3, -0.25) is 14.4 Å². The second-order valence-electron chi connectivity index (χ2n) is 12.8. The average Bonchev–Trinajstić information content (AvgIpc) is 3.03. The maximum Gasteiger partial charge on any atom is 0.313 e. The van der Waals surface area contributed by atoms with Crippen molar-refractivity contribution in [1.29, 1.82) is 0 Å². The number of ether oxygens (including phenoxy) is 2. The zero-order valence-corrected chi connectivity index (χ0v) is 29.8. The molecule has 0 spiro atoms. The van der Waals surface area contributed by atoms with Crippen LogP contribution in [0.5, 0.6) is 0 Å². The Morgan fingerprint density at radius 1 is 0.378 bits per heavy atom. The fourth-order valence-electron chi connectivity index (χ4n) is 5.38. The van der Waals surface area contributed by atoms with E-state index >= 15 is 0 Å². The lowest BCUT2D eigenvalue weighted by atomic mass is 10.1. The van der Waals surface area contributed by atoms with E-state index < -0.39 is 11.9 Å². The smallest absolute Gasteiger partial charge is 0.313 e. The highest BCUT2D eigenvalue weighted by Gasteiger charge is 2.11. The van der Waals surface area contributed by atoms with Gasteiger partial charge in [0.15, 0.2) is 0 Å². The van der Waals surface area contributed by atoms with Crippen molar-refractivity contribution in [3.05, 3.63) is 24.3 Å². The molecule has 0 radical (unpaired) electrons. The van der Waals surface area contributed by atoms with Gasteiger partial charge in [-0.05, 0) is 70.6 Å². The van der Waals surface area contributed by atoms with Crippen molar-refractivity contribution in [1.82, 2.24) is 0 Å². The monoisotopic (exact) mass is 633 g/mol. The number of allylic oxidation sites excluding steroid dienone is 4. The summed E-state index contributed by atoms with van der Waals surface area (Å²) < 4.78 is 10.1. The van der Waals surface area contributed by atoms with Gasteiger partial charge in [0.1, 0.15) is 0 Å². The summed E-state index contributed by atoms with van der Waals surface area (Å²) in [4.78, 5) is 35.7. The van der Waals surface area contributed by atoms with Crippen LogP contribution >= 0.6 is 0 Å². The Hall–Kier alpha value is -1.91. The standard InChI is InChI=1S/C40H72O5/c1-3-5-7-9-11-13-15-17-19-21-23-25-27-29-31-34-38(41)44-37-33-36-40(43)45-39(42)35-32-30-28-26-24-22-20-18-16-14-12-10-8-6-4-2/h17-20H,3-16,21-37H2,1-2H3. The quantitative estimate of drug-likeness (QED) is 0.0305. The molecule has 0 amide bonds. The summed E-state index contributed by atoms with van der Waals surface area (Å²) in [5.74, 6) is -1.18. The predicted octanol–water partition coefficient (Wildman–Crippen LogP) is 12.5. The molecule has 0 atom stereocenters. The lowest BCUT2D eigenvalue weighted by Crippen LogP contribution is -2.13. The maximum absolute atomic E-state index is 11.9. The fourth-order valence-corrected chi connectivity index (χ4v) is 5.38. The first-order valence-electron chi connectivity index (χ1n) is 19.3. The van der Waals surface area contributed by atoms with Crippen LogP contribution in [-0.2, 0) is 23.9 Å². The van der Waals surface area contributed by atoms with E-state index in [1.807, 2.05) is 0 Å². The van der Waals surface area contributed by atoms with E-state index in [2.05, 4.69) is 38.2 Å². The van der Waals surface area contributed by atoms with Crippen molar-refractivity contribution in [2.45, 2.75) is 206 Å². The molecule has 5 heteroatoms. The van der Waals surface area contributed by atoms with Crippen molar-refractivity contribution in [3.63, 3.8) is 0 Å². The van der Waals surface area contributed by atoms with Crippen molar-refractivity contribution in [3.8, 4) is 0 Å². The Morgan fingerprint density at radius 2 is 0.689 bits per heavy atom. The van der Waals surface area contributed by atoms with Gasteiger partial charge in [0.2, 0.25) is 0 Å². The van der Waals surface area contributed by atoms with Crippen LogP contribution in [0, 0.1) is 0 Å². The van der Waals surface area contributed by atoms with Gasteiger partial charge in [-0.2, -0.15) is 0 Å². The topological polar surface area (TPSA) is 69.7 Å². The molecule has 0 saturated heterocycles. The van der Waals surface area contributed by atoms with Gasteiger partial charge in [-0.1, -0.05) is 141 Å². The molecule has 0 bridgehead atoms. The lowest BCUT2D eigenvalue weighted by Gasteiger charge is -2.06. The van der Waals surface area contributed by atoms with Crippen LogP contribution < -0.4 is 0 Å². The molecule has 0 aromatic rings. The Balaban J connectivity index is 3.44. The zero-order valence-electron chi connectivity index (χ0n) is 29.8. The second kappa shape index (κ2) is 36.6. The molecule has 0 aliphatic carbocycles. The number of esters is 3. The van der Waals surface area contributed by atoms with E-state index in [9.17, 15) is 14.4 Å². The summed E-state index contributed by atoms with van der Waals surface area (Å²) in [6.07, 6.45) is 42.1. The summed E-state index contributed by atoms with van der Waals surface area (Å²) in [5.41, 5.74) is 0. The molecule has 45 heavy (non-hydrogen) atoms. The molecule has 0 unspecified atom stereocenters. The normalized spacial score (nSPS) is 11.5. The van der Waals surface area contributed by atoms with Gasteiger partial charge in [-0.25, -0.2) is 0 Å². The van der Waals surface area contributed by atoms with Crippen molar-refractivity contribution >= 4 is 17.9 Å². The molecule has 262 valence electrons. The molecule has 0 aliphatic rings. The summed E-state index contributed by atoms with van der Waals surface area (Å²) in [6.45, 7) is 4.71. The summed E-state index contributed by atoms with van der Waals surface area (Å²) >= 11 is 0. The van der Waals surface area contributed by atoms with Crippen LogP contribution in [0.1, 0.15) is 206 Å². The third kappa shape index (κ3) is 36.4. The van der Waals surface area contributed by atoms with E-state index in [1.165, 1.54) is 116 Å². The third-order valence-corrected chi connectivity index (χ3v) is 8.30. The minimum absolute atomic E-state index is 0.0960. The molecule has 0 rings (SSSR count). The van der Waals surface area contributed by atoms with Crippen molar-refractivity contribution in [2.24, 2.45) is 0 Å². The number of rotatable bonds is 34. The second-order valence-corrected chi connectivity index (χ2v) is 12.8.